The first-order valence-corrected chi connectivity index (χ1v) is 8.65. The number of carbonyl (C=O) groups excluding carboxylic acids is 2. The van der Waals surface area contributed by atoms with Crippen molar-refractivity contribution in [3.05, 3.63) is 0 Å². The predicted molar refractivity (Wildman–Crippen MR) is 81.6 cm³/mol. The third-order valence-corrected chi connectivity index (χ3v) is 6.27. The molecule has 21 heavy (non-hydrogen) atoms. The molecular weight excluding hydrogens is 264 g/mol. The molecule has 1 heterocycles. The Morgan fingerprint density at radius 3 is 2.38 bits per heavy atom. The zero-order valence-electron chi connectivity index (χ0n) is 13.5. The molecule has 0 aromatic rings. The van der Waals surface area contributed by atoms with E-state index in [9.17, 15) is 9.59 Å². The lowest BCUT2D eigenvalue weighted by Crippen LogP contribution is -2.71. The van der Waals surface area contributed by atoms with Gasteiger partial charge in [0.2, 0.25) is 11.8 Å². The van der Waals surface area contributed by atoms with Crippen molar-refractivity contribution in [1.82, 2.24) is 10.2 Å². The summed E-state index contributed by atoms with van der Waals surface area (Å²) in [4.78, 5) is 27.8. The molecule has 2 saturated carbocycles. The standard InChI is InChI=1S/C17H28N2O2/c1-4-13-15(20)18-17(9-5-6-10-17)16(21)19(13)14-8-7-11(2)12(14)3/h11-14H,4-10H2,1-3H3,(H,18,20). The molecule has 3 aliphatic rings. The third-order valence-electron chi connectivity index (χ3n) is 6.27. The second-order valence-corrected chi connectivity index (χ2v) is 7.40. The lowest BCUT2D eigenvalue weighted by molar-refractivity contribution is -0.159. The van der Waals surface area contributed by atoms with Gasteiger partial charge >= 0.3 is 0 Å². The Bertz CT molecular complexity index is 442. The summed E-state index contributed by atoms with van der Waals surface area (Å²) >= 11 is 0. The quantitative estimate of drug-likeness (QED) is 0.850. The molecule has 2 amide bonds. The highest BCUT2D eigenvalue weighted by atomic mass is 16.2. The Morgan fingerprint density at radius 1 is 1.19 bits per heavy atom. The number of piperazine rings is 1. The highest BCUT2D eigenvalue weighted by molar-refractivity contribution is 6.00. The molecule has 0 radical (unpaired) electrons. The van der Waals surface area contributed by atoms with Crippen molar-refractivity contribution in [3.63, 3.8) is 0 Å². The smallest absolute Gasteiger partial charge is 0.249 e. The van der Waals surface area contributed by atoms with E-state index in [0.29, 0.717) is 18.3 Å². The van der Waals surface area contributed by atoms with Crippen molar-refractivity contribution in [3.8, 4) is 0 Å². The molecule has 3 rings (SSSR count). The van der Waals surface area contributed by atoms with Crippen molar-refractivity contribution in [2.24, 2.45) is 11.8 Å². The van der Waals surface area contributed by atoms with Gasteiger partial charge in [0.1, 0.15) is 11.6 Å². The van der Waals surface area contributed by atoms with Crippen LogP contribution in [0.2, 0.25) is 0 Å². The molecule has 1 spiro atoms. The first-order chi connectivity index (χ1) is 10.00. The van der Waals surface area contributed by atoms with Gasteiger partial charge in [0.15, 0.2) is 0 Å². The molecule has 118 valence electrons. The van der Waals surface area contributed by atoms with E-state index in [0.717, 1.165) is 32.1 Å². The topological polar surface area (TPSA) is 49.4 Å². The van der Waals surface area contributed by atoms with Crippen LogP contribution in [-0.2, 0) is 9.59 Å². The molecule has 4 atom stereocenters. The van der Waals surface area contributed by atoms with Crippen molar-refractivity contribution < 1.29 is 9.59 Å². The molecule has 1 N–H and O–H groups in total. The lowest BCUT2D eigenvalue weighted by atomic mass is 9.86. The highest BCUT2D eigenvalue weighted by Crippen LogP contribution is 2.41. The van der Waals surface area contributed by atoms with E-state index >= 15 is 0 Å². The SMILES string of the molecule is CCC1C(=O)NC2(CCCC2)C(=O)N1C1CCC(C)C1C. The number of nitrogens with zero attached hydrogens (tertiary/aromatic N) is 1. The zero-order valence-corrected chi connectivity index (χ0v) is 13.5. The molecular formula is C17H28N2O2. The van der Waals surface area contributed by atoms with E-state index < -0.39 is 5.54 Å². The summed E-state index contributed by atoms with van der Waals surface area (Å²) in [6.45, 7) is 6.53. The average molecular weight is 292 g/mol. The van der Waals surface area contributed by atoms with Gasteiger partial charge in [0.25, 0.3) is 0 Å². The van der Waals surface area contributed by atoms with Gasteiger partial charge in [-0.3, -0.25) is 9.59 Å². The van der Waals surface area contributed by atoms with E-state index in [2.05, 4.69) is 19.2 Å². The molecule has 4 unspecified atom stereocenters. The average Bonchev–Trinajstić information content (AvgIpc) is 3.04. The minimum absolute atomic E-state index is 0.0748. The number of nitrogens with one attached hydrogen (secondary N) is 1. The van der Waals surface area contributed by atoms with Gasteiger partial charge in [-0.1, -0.05) is 33.6 Å². The summed E-state index contributed by atoms with van der Waals surface area (Å²) in [6.07, 6.45) is 6.67. The van der Waals surface area contributed by atoms with Gasteiger partial charge in [0.05, 0.1) is 0 Å². The first kappa shape index (κ1) is 14.9. The Labute approximate surface area is 127 Å². The second kappa shape index (κ2) is 5.29. The van der Waals surface area contributed by atoms with E-state index in [1.54, 1.807) is 0 Å². The molecule has 1 aliphatic heterocycles. The Balaban J connectivity index is 1.93. The molecule has 4 heteroatoms. The summed E-state index contributed by atoms with van der Waals surface area (Å²) in [5.74, 6) is 1.42. The van der Waals surface area contributed by atoms with Crippen LogP contribution in [0.4, 0.5) is 0 Å². The number of hydrogen-bond acceptors (Lipinski definition) is 2. The molecule has 0 aromatic carbocycles. The lowest BCUT2D eigenvalue weighted by Gasteiger charge is -2.48. The summed E-state index contributed by atoms with van der Waals surface area (Å²) in [5, 5.41) is 3.09. The molecule has 1 saturated heterocycles. The van der Waals surface area contributed by atoms with Crippen molar-refractivity contribution in [2.45, 2.75) is 83.3 Å². The van der Waals surface area contributed by atoms with Crippen molar-refractivity contribution in [1.29, 1.82) is 0 Å². The Kier molecular flexibility index (Phi) is 3.74. The maximum atomic E-state index is 13.2. The molecule has 2 aliphatic carbocycles. The zero-order chi connectivity index (χ0) is 15.2. The maximum absolute atomic E-state index is 13.2. The van der Waals surface area contributed by atoms with E-state index in [-0.39, 0.29) is 23.9 Å². The van der Waals surface area contributed by atoms with Crippen LogP contribution in [0.1, 0.15) is 65.7 Å². The van der Waals surface area contributed by atoms with Crippen LogP contribution in [0.25, 0.3) is 0 Å². The number of amides is 2. The minimum atomic E-state index is -0.575. The summed E-state index contributed by atoms with van der Waals surface area (Å²) in [6, 6.07) is -0.0116. The van der Waals surface area contributed by atoms with Crippen LogP contribution >= 0.6 is 0 Å². The van der Waals surface area contributed by atoms with Crippen LogP contribution < -0.4 is 5.32 Å². The van der Waals surface area contributed by atoms with Crippen LogP contribution in [0.15, 0.2) is 0 Å². The van der Waals surface area contributed by atoms with Crippen molar-refractivity contribution in [2.75, 3.05) is 0 Å². The second-order valence-electron chi connectivity index (χ2n) is 7.40. The Hall–Kier alpha value is -1.06. The van der Waals surface area contributed by atoms with Gasteiger partial charge < -0.3 is 10.2 Å². The van der Waals surface area contributed by atoms with Gasteiger partial charge in [0, 0.05) is 6.04 Å². The summed E-state index contributed by atoms with van der Waals surface area (Å²) in [5.41, 5.74) is -0.575. The fraction of sp³-hybridized carbons (Fsp3) is 0.882. The largest absolute Gasteiger partial charge is 0.340 e. The van der Waals surface area contributed by atoms with E-state index in [1.807, 2.05) is 11.8 Å². The number of carbonyl (C=O) groups is 2. The first-order valence-electron chi connectivity index (χ1n) is 8.65. The normalized spacial score (nSPS) is 39.1. The third kappa shape index (κ3) is 2.18. The van der Waals surface area contributed by atoms with Crippen molar-refractivity contribution >= 4 is 11.8 Å². The Morgan fingerprint density at radius 2 is 1.86 bits per heavy atom. The molecule has 0 bridgehead atoms. The van der Waals surface area contributed by atoms with Gasteiger partial charge in [-0.25, -0.2) is 0 Å². The van der Waals surface area contributed by atoms with Crippen LogP contribution in [0, 0.1) is 11.8 Å². The van der Waals surface area contributed by atoms with Crippen LogP contribution in [0.5, 0.6) is 0 Å². The fourth-order valence-corrected chi connectivity index (χ4v) is 4.70. The maximum Gasteiger partial charge on any atom is 0.249 e. The van der Waals surface area contributed by atoms with E-state index in [4.69, 9.17) is 0 Å². The summed E-state index contributed by atoms with van der Waals surface area (Å²) < 4.78 is 0. The fourth-order valence-electron chi connectivity index (χ4n) is 4.70. The van der Waals surface area contributed by atoms with Gasteiger partial charge in [-0.2, -0.15) is 0 Å². The molecule has 0 aromatic heterocycles. The monoisotopic (exact) mass is 292 g/mol. The summed E-state index contributed by atoms with van der Waals surface area (Å²) in [7, 11) is 0. The van der Waals surface area contributed by atoms with Gasteiger partial charge in [-0.15, -0.1) is 0 Å². The molecule has 4 nitrogen and oxygen atoms in total. The highest BCUT2D eigenvalue weighted by Gasteiger charge is 2.54. The van der Waals surface area contributed by atoms with E-state index in [1.165, 1.54) is 6.42 Å². The van der Waals surface area contributed by atoms with Crippen LogP contribution in [-0.4, -0.2) is 34.3 Å². The minimum Gasteiger partial charge on any atom is -0.340 e. The number of rotatable bonds is 2. The van der Waals surface area contributed by atoms with Gasteiger partial charge in [-0.05, 0) is 43.9 Å². The predicted octanol–water partition coefficient (Wildman–Crippen LogP) is 2.47. The van der Waals surface area contributed by atoms with Crippen LogP contribution in [0.3, 0.4) is 0 Å². The number of hydrogen-bond donors (Lipinski definition) is 1. The molecule has 3 fully saturated rings.